The first-order valence-corrected chi connectivity index (χ1v) is 9.01. The van der Waals surface area contributed by atoms with E-state index in [9.17, 15) is 18.3 Å². The summed E-state index contributed by atoms with van der Waals surface area (Å²) in [5.41, 5.74) is 1.22. The Morgan fingerprint density at radius 2 is 1.93 bits per heavy atom. The molecule has 0 aliphatic carbocycles. The van der Waals surface area contributed by atoms with Gasteiger partial charge in [-0.25, -0.2) is 4.39 Å². The van der Waals surface area contributed by atoms with Gasteiger partial charge in [0.2, 0.25) is 0 Å². The topological polar surface area (TPSA) is 60.9 Å². The second-order valence-corrected chi connectivity index (χ2v) is 6.56. The summed E-state index contributed by atoms with van der Waals surface area (Å²) in [5, 5.41) is 13.5. The first-order valence-electron chi connectivity index (χ1n) is 9.01. The summed E-state index contributed by atoms with van der Waals surface area (Å²) in [5.74, 6) is -0.294. The Morgan fingerprint density at radius 1 is 1.18 bits per heavy atom. The van der Waals surface area contributed by atoms with Gasteiger partial charge in [0.1, 0.15) is 5.75 Å². The van der Waals surface area contributed by atoms with E-state index in [1.54, 1.807) is 24.4 Å². The van der Waals surface area contributed by atoms with Gasteiger partial charge >= 0.3 is 6.61 Å². The Labute approximate surface area is 161 Å². The molecule has 1 aromatic heterocycles. The fourth-order valence-corrected chi connectivity index (χ4v) is 3.22. The summed E-state index contributed by atoms with van der Waals surface area (Å²) in [6, 6.07) is 7.71. The third-order valence-corrected chi connectivity index (χ3v) is 4.73. The molecule has 2 atom stereocenters. The monoisotopic (exact) mass is 396 g/mol. The van der Waals surface area contributed by atoms with Crippen molar-refractivity contribution < 1.29 is 23.0 Å². The van der Waals surface area contributed by atoms with Crippen molar-refractivity contribution in [2.75, 3.05) is 31.1 Å². The van der Waals surface area contributed by atoms with Crippen molar-refractivity contribution in [1.29, 1.82) is 0 Å². The molecule has 2 heterocycles. The Bertz CT molecular complexity index is 772. The van der Waals surface area contributed by atoms with Crippen molar-refractivity contribution in [2.24, 2.45) is 0 Å². The van der Waals surface area contributed by atoms with Crippen molar-refractivity contribution in [3.63, 3.8) is 0 Å². The number of benzene rings is 1. The van der Waals surface area contributed by atoms with Gasteiger partial charge in [-0.1, -0.05) is 12.1 Å². The molecule has 2 N–H and O–H groups in total. The second-order valence-electron chi connectivity index (χ2n) is 6.56. The molecule has 0 spiro atoms. The van der Waals surface area contributed by atoms with Crippen LogP contribution in [-0.2, 0) is 0 Å². The number of pyridine rings is 1. The van der Waals surface area contributed by atoms with E-state index in [1.807, 2.05) is 16.7 Å². The molecule has 28 heavy (non-hydrogen) atoms. The van der Waals surface area contributed by atoms with Crippen LogP contribution in [0.25, 0.3) is 0 Å². The molecule has 152 valence electrons. The molecule has 9 heteroatoms. The number of alkyl halides is 2. The molecule has 0 saturated carbocycles. The number of aliphatic hydroxyl groups excluding tert-OH is 1. The number of rotatable bonds is 7. The van der Waals surface area contributed by atoms with E-state index in [4.69, 9.17) is 0 Å². The normalized spacial score (nSPS) is 17.6. The van der Waals surface area contributed by atoms with Gasteiger partial charge in [0.25, 0.3) is 0 Å². The number of nitrogens with one attached hydrogen (secondary N) is 1. The summed E-state index contributed by atoms with van der Waals surface area (Å²) in [4.78, 5) is 7.50. The van der Waals surface area contributed by atoms with Crippen LogP contribution in [-0.4, -0.2) is 54.1 Å². The van der Waals surface area contributed by atoms with Crippen LogP contribution in [0.15, 0.2) is 42.7 Å². The van der Waals surface area contributed by atoms with Crippen LogP contribution in [0.1, 0.15) is 18.5 Å². The minimum atomic E-state index is -2.88. The van der Waals surface area contributed by atoms with Gasteiger partial charge in [-0.15, -0.1) is 0 Å². The summed E-state index contributed by atoms with van der Waals surface area (Å²) in [7, 11) is 0. The van der Waals surface area contributed by atoms with Gasteiger partial charge in [0.05, 0.1) is 11.9 Å². The number of anilines is 1. The van der Waals surface area contributed by atoms with Crippen molar-refractivity contribution in [1.82, 2.24) is 15.2 Å². The van der Waals surface area contributed by atoms with Crippen molar-refractivity contribution >= 4 is 5.69 Å². The fourth-order valence-electron chi connectivity index (χ4n) is 3.22. The van der Waals surface area contributed by atoms with Crippen LogP contribution >= 0.6 is 0 Å². The number of piperazine rings is 1. The summed E-state index contributed by atoms with van der Waals surface area (Å²) in [6.45, 7) is 1.14. The van der Waals surface area contributed by atoms with Gasteiger partial charge in [-0.05, 0) is 30.7 Å². The fraction of sp³-hybridized carbons (Fsp3) is 0.421. The molecular formula is C19H23F3N4O2. The van der Waals surface area contributed by atoms with Crippen molar-refractivity contribution in [3.05, 3.63) is 54.1 Å². The Kier molecular flexibility index (Phi) is 6.71. The number of halogens is 3. The van der Waals surface area contributed by atoms with Gasteiger partial charge in [-0.3, -0.25) is 15.2 Å². The molecule has 1 saturated heterocycles. The number of aliphatic hydroxyl groups is 1. The lowest BCUT2D eigenvalue weighted by Crippen LogP contribution is -2.55. The van der Waals surface area contributed by atoms with Crippen LogP contribution in [0.5, 0.6) is 5.75 Å². The predicted molar refractivity (Wildman–Crippen MR) is 98.6 cm³/mol. The quantitative estimate of drug-likeness (QED) is 0.702. The largest absolute Gasteiger partial charge is 0.435 e. The van der Waals surface area contributed by atoms with Crippen LogP contribution in [0.3, 0.4) is 0 Å². The predicted octanol–water partition coefficient (Wildman–Crippen LogP) is 2.57. The number of nitrogens with zero attached hydrogens (tertiary/aromatic N) is 3. The second kappa shape index (κ2) is 9.22. The lowest BCUT2D eigenvalue weighted by Gasteiger charge is -2.39. The van der Waals surface area contributed by atoms with Gasteiger partial charge in [-0.2, -0.15) is 8.78 Å². The third-order valence-electron chi connectivity index (χ3n) is 4.73. The number of hydrogen-bond donors (Lipinski definition) is 2. The molecule has 1 aromatic carbocycles. The average molecular weight is 396 g/mol. The maximum atomic E-state index is 13.9. The van der Waals surface area contributed by atoms with E-state index in [0.717, 1.165) is 5.56 Å². The summed E-state index contributed by atoms with van der Waals surface area (Å²) >= 11 is 0. The average Bonchev–Trinajstić information content (AvgIpc) is 2.68. The zero-order valence-corrected chi connectivity index (χ0v) is 15.4. The Hall–Kier alpha value is -2.36. The van der Waals surface area contributed by atoms with Crippen molar-refractivity contribution in [2.45, 2.75) is 25.9 Å². The van der Waals surface area contributed by atoms with Crippen molar-refractivity contribution in [3.8, 4) is 5.75 Å². The molecule has 0 bridgehead atoms. The molecule has 1 aliphatic heterocycles. The van der Waals surface area contributed by atoms with Crippen LogP contribution in [0.4, 0.5) is 18.9 Å². The first kappa shape index (κ1) is 20.4. The maximum absolute atomic E-state index is 13.9. The molecule has 3 rings (SSSR count). The highest BCUT2D eigenvalue weighted by Crippen LogP contribution is 2.22. The molecule has 1 unspecified atom stereocenters. The van der Waals surface area contributed by atoms with Gasteiger partial charge in [0.15, 0.2) is 12.2 Å². The van der Waals surface area contributed by atoms with Gasteiger partial charge < -0.3 is 14.7 Å². The number of ether oxygens (including phenoxy) is 1. The van der Waals surface area contributed by atoms with Crippen LogP contribution in [0.2, 0.25) is 0 Å². The Morgan fingerprint density at radius 3 is 2.61 bits per heavy atom. The number of aromatic nitrogens is 1. The minimum absolute atomic E-state index is 0.0728. The van der Waals surface area contributed by atoms with Gasteiger partial charge in [0, 0.05) is 38.4 Å². The highest BCUT2D eigenvalue weighted by molar-refractivity contribution is 5.46. The van der Waals surface area contributed by atoms with E-state index in [-0.39, 0.29) is 17.6 Å². The van der Waals surface area contributed by atoms with Crippen LogP contribution < -0.4 is 15.0 Å². The highest BCUT2D eigenvalue weighted by atomic mass is 19.3. The minimum Gasteiger partial charge on any atom is -0.435 e. The molecule has 0 amide bonds. The summed E-state index contributed by atoms with van der Waals surface area (Å²) < 4.78 is 43.0. The zero-order valence-electron chi connectivity index (χ0n) is 15.4. The lowest BCUT2D eigenvalue weighted by atomic mass is 10.1. The lowest BCUT2D eigenvalue weighted by molar-refractivity contribution is -0.0501. The van der Waals surface area contributed by atoms with E-state index in [1.165, 1.54) is 18.3 Å². The Balaban J connectivity index is 1.54. The smallest absolute Gasteiger partial charge is 0.387 e. The SMILES string of the molecule is C[C@@H](NC(O)N1CCN(c2ccncc2F)CC1)c1cccc(OC(F)F)c1. The van der Waals surface area contributed by atoms with E-state index in [2.05, 4.69) is 15.0 Å². The highest BCUT2D eigenvalue weighted by Gasteiger charge is 2.25. The van der Waals surface area contributed by atoms with E-state index < -0.39 is 13.0 Å². The number of hydrogen-bond acceptors (Lipinski definition) is 6. The summed E-state index contributed by atoms with van der Waals surface area (Å²) in [6.07, 6.45) is 1.82. The third kappa shape index (κ3) is 5.12. The standard InChI is InChI=1S/C19H23F3N4O2/c1-13(14-3-2-4-15(11-14)28-18(21)22)24-19(27)26-9-7-25(8-10-26)17-5-6-23-12-16(17)20/h2-6,11-13,18-19,24,27H,7-10H2,1H3/t13-,19?/m1/s1. The van der Waals surface area contributed by atoms with Crippen LogP contribution in [0, 0.1) is 5.82 Å². The molecule has 1 fully saturated rings. The maximum Gasteiger partial charge on any atom is 0.387 e. The molecule has 0 radical (unpaired) electrons. The first-order chi connectivity index (χ1) is 13.4. The zero-order chi connectivity index (χ0) is 20.1. The van der Waals surface area contributed by atoms with E-state index in [0.29, 0.717) is 31.9 Å². The molecular weight excluding hydrogens is 373 g/mol. The van der Waals surface area contributed by atoms with E-state index >= 15 is 0 Å². The molecule has 6 nitrogen and oxygen atoms in total. The molecule has 2 aromatic rings. The molecule has 1 aliphatic rings.